The molecule has 0 radical (unpaired) electrons. The second-order valence-corrected chi connectivity index (χ2v) is 17.1. The molecule has 0 heterocycles. The summed E-state index contributed by atoms with van der Waals surface area (Å²) < 4.78 is 23.0. The highest BCUT2D eigenvalue weighted by molar-refractivity contribution is 7.45. The van der Waals surface area contributed by atoms with Crippen LogP contribution in [-0.4, -0.2) is 68.5 Å². The molecule has 0 rings (SSSR count). The van der Waals surface area contributed by atoms with Crippen LogP contribution in [0, 0.1) is 0 Å². The first-order valence-electron chi connectivity index (χ1n) is 21.4. The van der Waals surface area contributed by atoms with E-state index in [1.807, 2.05) is 27.2 Å². The topological polar surface area (TPSA) is 108 Å². The molecule has 2 N–H and O–H groups in total. The van der Waals surface area contributed by atoms with Crippen molar-refractivity contribution in [1.29, 1.82) is 0 Å². The Morgan fingerprint density at radius 3 is 1.60 bits per heavy atom. The molecule has 9 heteroatoms. The van der Waals surface area contributed by atoms with Crippen molar-refractivity contribution in [3.8, 4) is 0 Å². The van der Waals surface area contributed by atoms with Gasteiger partial charge in [0.1, 0.15) is 13.2 Å². The second kappa shape index (κ2) is 35.4. The van der Waals surface area contributed by atoms with E-state index in [1.54, 1.807) is 6.08 Å². The molecule has 0 aromatic heterocycles. The van der Waals surface area contributed by atoms with Crippen LogP contribution in [0.3, 0.4) is 0 Å². The molecule has 0 aliphatic carbocycles. The predicted octanol–water partition coefficient (Wildman–Crippen LogP) is 10.9. The van der Waals surface area contributed by atoms with Gasteiger partial charge in [-0.05, 0) is 51.4 Å². The zero-order valence-electron chi connectivity index (χ0n) is 34.5. The Balaban J connectivity index is 4.17. The fourth-order valence-electron chi connectivity index (χ4n) is 5.89. The number of allylic oxidation sites excluding steroid dienone is 5. The van der Waals surface area contributed by atoms with Gasteiger partial charge in [0.2, 0.25) is 5.91 Å². The number of nitrogens with zero attached hydrogens (tertiary/aromatic N) is 1. The number of carbonyl (C=O) groups is 1. The maximum Gasteiger partial charge on any atom is 0.268 e. The number of hydrogen-bond donors (Lipinski definition) is 2. The third kappa shape index (κ3) is 37.1. The number of nitrogens with one attached hydrogen (secondary N) is 1. The molecule has 0 spiro atoms. The summed E-state index contributed by atoms with van der Waals surface area (Å²) in [5.74, 6) is -0.205. The quantitative estimate of drug-likeness (QED) is 0.0281. The number of unbranched alkanes of at least 4 members (excludes halogenated alkanes) is 21. The Morgan fingerprint density at radius 1 is 0.673 bits per heavy atom. The molecule has 0 fully saturated rings. The molecule has 0 saturated heterocycles. The lowest BCUT2D eigenvalue weighted by Gasteiger charge is -2.29. The zero-order valence-corrected chi connectivity index (χ0v) is 35.4. The van der Waals surface area contributed by atoms with Crippen molar-refractivity contribution in [1.82, 2.24) is 5.32 Å². The van der Waals surface area contributed by atoms with Crippen LogP contribution in [0.5, 0.6) is 0 Å². The average molecular weight is 755 g/mol. The van der Waals surface area contributed by atoms with Crippen LogP contribution in [-0.2, 0) is 18.4 Å². The summed E-state index contributed by atoms with van der Waals surface area (Å²) in [5.41, 5.74) is 0. The van der Waals surface area contributed by atoms with Crippen LogP contribution in [0.2, 0.25) is 0 Å². The maximum absolute atomic E-state index is 12.8. The fraction of sp³-hybridized carbons (Fsp3) is 0.837. The summed E-state index contributed by atoms with van der Waals surface area (Å²) in [5, 5.41) is 13.6. The number of phosphoric acid groups is 1. The number of carbonyl (C=O) groups excluding carboxylic acids is 1. The minimum Gasteiger partial charge on any atom is -0.756 e. The normalized spacial score (nSPS) is 14.8. The van der Waals surface area contributed by atoms with E-state index in [-0.39, 0.29) is 19.1 Å². The van der Waals surface area contributed by atoms with Crippen LogP contribution >= 0.6 is 7.82 Å². The Kier molecular flexibility index (Phi) is 34.6. The zero-order chi connectivity index (χ0) is 38.6. The standard InChI is InChI=1S/C43H83N2O6P/c1-6-8-10-12-14-15-16-17-18-19-20-21-22-23-24-25-26-27-28-29-31-33-35-37-43(47)44-41(42(46)36-34-32-30-13-11-9-7-2)40-51-52(48,49)50-39-38-45(3,4)5/h16-17,19-20,34,36,41-42,46H,6-15,18,21-33,35,37-40H2,1-5H3,(H-,44,47,48,49)/b17-16-,20-19-,36-34+. The molecule has 8 nitrogen and oxygen atoms in total. The lowest BCUT2D eigenvalue weighted by molar-refractivity contribution is -0.870. The summed E-state index contributed by atoms with van der Waals surface area (Å²) in [7, 11) is 1.25. The Bertz CT molecular complexity index is 948. The lowest BCUT2D eigenvalue weighted by atomic mass is 10.0. The van der Waals surface area contributed by atoms with Crippen molar-refractivity contribution in [3.63, 3.8) is 0 Å². The van der Waals surface area contributed by atoms with Gasteiger partial charge in [0.15, 0.2) is 0 Å². The highest BCUT2D eigenvalue weighted by Gasteiger charge is 2.23. The van der Waals surface area contributed by atoms with E-state index in [0.717, 1.165) is 44.9 Å². The van der Waals surface area contributed by atoms with E-state index in [9.17, 15) is 19.4 Å². The summed E-state index contributed by atoms with van der Waals surface area (Å²) in [6, 6.07) is -0.883. The van der Waals surface area contributed by atoms with Gasteiger partial charge in [-0.1, -0.05) is 159 Å². The molecule has 1 amide bonds. The number of likely N-dealkylation sites (N-methyl/N-ethyl adjacent to an activating group) is 1. The summed E-state index contributed by atoms with van der Waals surface area (Å²) in [6.07, 6.45) is 42.1. The van der Waals surface area contributed by atoms with Gasteiger partial charge >= 0.3 is 0 Å². The first kappa shape index (κ1) is 50.7. The maximum atomic E-state index is 12.8. The first-order valence-corrected chi connectivity index (χ1v) is 22.8. The Morgan fingerprint density at radius 2 is 1.12 bits per heavy atom. The predicted molar refractivity (Wildman–Crippen MR) is 219 cm³/mol. The molecular weight excluding hydrogens is 671 g/mol. The van der Waals surface area contributed by atoms with Crippen LogP contribution < -0.4 is 10.2 Å². The summed E-state index contributed by atoms with van der Waals surface area (Å²) in [4.78, 5) is 25.1. The van der Waals surface area contributed by atoms with Gasteiger partial charge in [-0.3, -0.25) is 9.36 Å². The highest BCUT2D eigenvalue weighted by Crippen LogP contribution is 2.38. The third-order valence-electron chi connectivity index (χ3n) is 9.34. The molecule has 0 aliphatic heterocycles. The monoisotopic (exact) mass is 755 g/mol. The van der Waals surface area contributed by atoms with E-state index in [2.05, 4.69) is 43.5 Å². The molecule has 0 aliphatic rings. The van der Waals surface area contributed by atoms with Gasteiger partial charge in [-0.15, -0.1) is 0 Å². The number of amides is 1. The third-order valence-corrected chi connectivity index (χ3v) is 10.3. The number of phosphoric ester groups is 1. The van der Waals surface area contributed by atoms with Crippen LogP contribution in [0.25, 0.3) is 0 Å². The van der Waals surface area contributed by atoms with Gasteiger partial charge in [0.25, 0.3) is 7.82 Å². The molecular formula is C43H83N2O6P. The van der Waals surface area contributed by atoms with E-state index < -0.39 is 20.0 Å². The number of aliphatic hydroxyl groups excluding tert-OH is 1. The molecule has 3 atom stereocenters. The average Bonchev–Trinajstić information content (AvgIpc) is 3.09. The van der Waals surface area contributed by atoms with Gasteiger partial charge < -0.3 is 28.8 Å². The minimum atomic E-state index is -4.57. The highest BCUT2D eigenvalue weighted by atomic mass is 31.2. The van der Waals surface area contributed by atoms with Crippen molar-refractivity contribution in [2.45, 2.75) is 193 Å². The fourth-order valence-corrected chi connectivity index (χ4v) is 6.61. The smallest absolute Gasteiger partial charge is 0.268 e. The molecule has 0 bridgehead atoms. The lowest BCUT2D eigenvalue weighted by Crippen LogP contribution is -2.45. The minimum absolute atomic E-state index is 0.00220. The number of hydrogen-bond acceptors (Lipinski definition) is 6. The van der Waals surface area contributed by atoms with E-state index >= 15 is 0 Å². The van der Waals surface area contributed by atoms with Crippen molar-refractivity contribution in [2.75, 3.05) is 40.9 Å². The SMILES string of the molecule is CCCCCCC/C=C\C/C=C\CCCCCCCCCCCCCC(=O)NC(COP(=O)([O-])OCC[N+](C)(C)C)C(O)/C=C/CCCCCCC. The van der Waals surface area contributed by atoms with E-state index in [4.69, 9.17) is 9.05 Å². The Hall–Kier alpha value is -1.28. The molecule has 0 aromatic carbocycles. The van der Waals surface area contributed by atoms with E-state index in [1.165, 1.54) is 116 Å². The van der Waals surface area contributed by atoms with Crippen molar-refractivity contribution in [2.24, 2.45) is 0 Å². The molecule has 0 saturated carbocycles. The van der Waals surface area contributed by atoms with Crippen LogP contribution in [0.4, 0.5) is 0 Å². The Labute approximate surface area is 321 Å². The van der Waals surface area contributed by atoms with Crippen molar-refractivity contribution in [3.05, 3.63) is 36.5 Å². The largest absolute Gasteiger partial charge is 0.756 e. The number of quaternary nitrogens is 1. The van der Waals surface area contributed by atoms with Crippen molar-refractivity contribution >= 4 is 13.7 Å². The number of aliphatic hydroxyl groups is 1. The van der Waals surface area contributed by atoms with Gasteiger partial charge in [0.05, 0.1) is 39.9 Å². The van der Waals surface area contributed by atoms with Gasteiger partial charge in [-0.2, -0.15) is 0 Å². The number of rotatable bonds is 38. The summed E-state index contributed by atoms with van der Waals surface area (Å²) in [6.45, 7) is 4.56. The van der Waals surface area contributed by atoms with Crippen LogP contribution in [0.1, 0.15) is 181 Å². The molecule has 3 unspecified atom stereocenters. The molecule has 0 aromatic rings. The first-order chi connectivity index (χ1) is 25.0. The summed E-state index contributed by atoms with van der Waals surface area (Å²) >= 11 is 0. The second-order valence-electron chi connectivity index (χ2n) is 15.7. The van der Waals surface area contributed by atoms with Gasteiger partial charge in [0, 0.05) is 6.42 Å². The molecule has 52 heavy (non-hydrogen) atoms. The molecule has 306 valence electrons. The van der Waals surface area contributed by atoms with Crippen molar-refractivity contribution < 1.29 is 32.9 Å². The van der Waals surface area contributed by atoms with E-state index in [0.29, 0.717) is 17.4 Å². The van der Waals surface area contributed by atoms with Gasteiger partial charge in [-0.25, -0.2) is 0 Å². The van der Waals surface area contributed by atoms with Crippen LogP contribution in [0.15, 0.2) is 36.5 Å².